The zero-order valence-electron chi connectivity index (χ0n) is 10.9. The molecule has 0 saturated carbocycles. The van der Waals surface area contributed by atoms with E-state index in [1.54, 1.807) is 7.11 Å². The fraction of sp³-hybridized carbons (Fsp3) is 0.385. The summed E-state index contributed by atoms with van der Waals surface area (Å²) in [4.78, 5) is 15.5. The van der Waals surface area contributed by atoms with Crippen LogP contribution in [0.25, 0.3) is 11.0 Å². The molecule has 19 heavy (non-hydrogen) atoms. The van der Waals surface area contributed by atoms with Crippen LogP contribution in [0.3, 0.4) is 0 Å². The van der Waals surface area contributed by atoms with Crippen molar-refractivity contribution in [3.8, 4) is 5.75 Å². The number of hydrogen-bond acceptors (Lipinski definition) is 3. The lowest BCUT2D eigenvalue weighted by Crippen LogP contribution is -2.18. The number of carbonyl (C=O) groups is 1. The van der Waals surface area contributed by atoms with Crippen molar-refractivity contribution in [1.29, 1.82) is 0 Å². The molecule has 2 rings (SSSR count). The third kappa shape index (κ3) is 2.66. The summed E-state index contributed by atoms with van der Waals surface area (Å²) in [7, 11) is 1.61. The Hall–Kier alpha value is -1.75. The first-order valence-electron chi connectivity index (χ1n) is 5.96. The molecule has 1 aromatic carbocycles. The normalized spacial score (nSPS) is 12.6. The summed E-state index contributed by atoms with van der Waals surface area (Å²) in [5.74, 6) is 1.39. The van der Waals surface area contributed by atoms with Crippen molar-refractivity contribution < 1.29 is 9.53 Å². The van der Waals surface area contributed by atoms with Crippen molar-refractivity contribution in [3.05, 3.63) is 24.0 Å². The van der Waals surface area contributed by atoms with Crippen LogP contribution < -0.4 is 10.5 Å². The number of methoxy groups -OCH3 is 1. The lowest BCUT2D eigenvalue weighted by atomic mass is 10.2. The Labute approximate surface area is 116 Å². The number of primary amides is 1. The highest BCUT2D eigenvalue weighted by molar-refractivity contribution is 6.16. The number of rotatable bonds is 5. The number of aromatic nitrogens is 2. The Bertz CT molecular complexity index is 609. The molecule has 2 N–H and O–H groups in total. The van der Waals surface area contributed by atoms with Crippen molar-refractivity contribution in [2.24, 2.45) is 5.73 Å². The van der Waals surface area contributed by atoms with Crippen LogP contribution in [0.1, 0.15) is 25.2 Å². The highest BCUT2D eigenvalue weighted by Gasteiger charge is 2.17. The van der Waals surface area contributed by atoms with Gasteiger partial charge in [0.15, 0.2) is 0 Å². The second-order valence-electron chi connectivity index (χ2n) is 4.41. The quantitative estimate of drug-likeness (QED) is 0.854. The van der Waals surface area contributed by atoms with Gasteiger partial charge in [0, 0.05) is 18.5 Å². The van der Waals surface area contributed by atoms with Crippen LogP contribution in [-0.4, -0.2) is 22.6 Å². The molecule has 0 saturated heterocycles. The number of fused-ring (bicyclic) bond motifs is 1. The van der Waals surface area contributed by atoms with Crippen LogP contribution >= 0.6 is 11.6 Å². The smallest absolute Gasteiger partial charge is 0.219 e. The van der Waals surface area contributed by atoms with E-state index in [1.807, 2.05) is 29.7 Å². The average molecular weight is 282 g/mol. The molecule has 0 aliphatic heterocycles. The highest BCUT2D eigenvalue weighted by atomic mass is 35.5. The number of benzene rings is 1. The molecule has 1 atom stereocenters. The zero-order chi connectivity index (χ0) is 14.0. The minimum absolute atomic E-state index is 0.0790. The molecule has 0 radical (unpaired) electrons. The Morgan fingerprint density at radius 3 is 2.89 bits per heavy atom. The van der Waals surface area contributed by atoms with Gasteiger partial charge in [0.2, 0.25) is 5.91 Å². The molecule has 0 bridgehead atoms. The summed E-state index contributed by atoms with van der Waals surface area (Å²) >= 11 is 5.93. The maximum Gasteiger partial charge on any atom is 0.219 e. The van der Waals surface area contributed by atoms with Crippen molar-refractivity contribution in [2.75, 3.05) is 7.11 Å². The molecule has 0 aliphatic rings. The predicted octanol–water partition coefficient (Wildman–Crippen LogP) is 2.22. The van der Waals surface area contributed by atoms with Gasteiger partial charge < -0.3 is 15.0 Å². The monoisotopic (exact) mass is 281 g/mol. The molecular weight excluding hydrogens is 266 g/mol. The minimum Gasteiger partial charge on any atom is -0.497 e. The maximum atomic E-state index is 11.1. The topological polar surface area (TPSA) is 70.1 Å². The van der Waals surface area contributed by atoms with E-state index < -0.39 is 0 Å². The van der Waals surface area contributed by atoms with Gasteiger partial charge in [-0.25, -0.2) is 4.98 Å². The van der Waals surface area contributed by atoms with Crippen LogP contribution in [0, 0.1) is 0 Å². The van der Waals surface area contributed by atoms with E-state index in [0.29, 0.717) is 0 Å². The van der Waals surface area contributed by atoms with E-state index in [2.05, 4.69) is 4.98 Å². The molecule has 0 fully saturated rings. The van der Waals surface area contributed by atoms with Crippen LogP contribution in [0.5, 0.6) is 5.75 Å². The van der Waals surface area contributed by atoms with E-state index in [0.717, 1.165) is 22.6 Å². The molecule has 102 valence electrons. The van der Waals surface area contributed by atoms with Crippen molar-refractivity contribution >= 4 is 28.5 Å². The molecule has 1 heterocycles. The maximum absolute atomic E-state index is 11.1. The number of nitrogens with two attached hydrogens (primary N) is 1. The van der Waals surface area contributed by atoms with Gasteiger partial charge in [0.1, 0.15) is 11.6 Å². The van der Waals surface area contributed by atoms with Gasteiger partial charge >= 0.3 is 0 Å². The number of ether oxygens (including phenoxy) is 1. The summed E-state index contributed by atoms with van der Waals surface area (Å²) in [6.45, 7) is 1.92. The number of carbonyl (C=O) groups excluding carboxylic acids is 1. The lowest BCUT2D eigenvalue weighted by Gasteiger charge is -2.15. The van der Waals surface area contributed by atoms with Gasteiger partial charge in [-0.1, -0.05) is 0 Å². The SMILES string of the molecule is COc1ccc2c(c1)nc(CCl)n2C(C)CC(N)=O. The summed E-state index contributed by atoms with van der Waals surface area (Å²) in [5, 5.41) is 0. The predicted molar refractivity (Wildman–Crippen MR) is 74.4 cm³/mol. The molecule has 1 aromatic heterocycles. The number of alkyl halides is 1. The highest BCUT2D eigenvalue weighted by Crippen LogP contribution is 2.26. The Kier molecular flexibility index (Phi) is 3.95. The number of nitrogens with zero attached hydrogens (tertiary/aromatic N) is 2. The first-order chi connectivity index (χ1) is 9.06. The third-order valence-corrected chi connectivity index (χ3v) is 3.27. The molecule has 5 nitrogen and oxygen atoms in total. The summed E-state index contributed by atoms with van der Waals surface area (Å²) in [5.41, 5.74) is 6.97. The minimum atomic E-state index is -0.344. The van der Waals surface area contributed by atoms with Crippen LogP contribution in [-0.2, 0) is 10.7 Å². The summed E-state index contributed by atoms with van der Waals surface area (Å²) in [6, 6.07) is 5.54. The van der Waals surface area contributed by atoms with Crippen molar-refractivity contribution in [3.63, 3.8) is 0 Å². The van der Waals surface area contributed by atoms with E-state index in [4.69, 9.17) is 22.1 Å². The number of halogens is 1. The Morgan fingerprint density at radius 1 is 1.58 bits per heavy atom. The third-order valence-electron chi connectivity index (χ3n) is 3.03. The van der Waals surface area contributed by atoms with E-state index in [9.17, 15) is 4.79 Å². The molecule has 1 amide bonds. The Balaban J connectivity index is 2.54. The fourth-order valence-corrected chi connectivity index (χ4v) is 2.41. The second kappa shape index (κ2) is 5.48. The largest absolute Gasteiger partial charge is 0.497 e. The zero-order valence-corrected chi connectivity index (χ0v) is 11.6. The van der Waals surface area contributed by atoms with Crippen LogP contribution in [0.4, 0.5) is 0 Å². The molecule has 6 heteroatoms. The summed E-state index contributed by atoms with van der Waals surface area (Å²) < 4.78 is 7.12. The van der Waals surface area contributed by atoms with E-state index in [1.165, 1.54) is 0 Å². The van der Waals surface area contributed by atoms with Crippen LogP contribution in [0.15, 0.2) is 18.2 Å². The van der Waals surface area contributed by atoms with Crippen LogP contribution in [0.2, 0.25) is 0 Å². The second-order valence-corrected chi connectivity index (χ2v) is 4.67. The molecule has 2 aromatic rings. The fourth-order valence-electron chi connectivity index (χ4n) is 2.22. The molecular formula is C13H16ClN3O2. The van der Waals surface area contributed by atoms with Gasteiger partial charge in [-0.2, -0.15) is 0 Å². The number of amides is 1. The van der Waals surface area contributed by atoms with Gasteiger partial charge in [0.25, 0.3) is 0 Å². The van der Waals surface area contributed by atoms with Crippen molar-refractivity contribution in [2.45, 2.75) is 25.3 Å². The number of imidazole rings is 1. The standard InChI is InChI=1S/C13H16ClN3O2/c1-8(5-12(15)18)17-11-4-3-9(19-2)6-10(11)16-13(17)7-14/h3-4,6,8H,5,7H2,1-2H3,(H2,15,18). The van der Waals surface area contributed by atoms with Gasteiger partial charge in [0.05, 0.1) is 24.0 Å². The first kappa shape index (κ1) is 13.7. The Morgan fingerprint density at radius 2 is 2.32 bits per heavy atom. The van der Waals surface area contributed by atoms with Crippen molar-refractivity contribution in [1.82, 2.24) is 9.55 Å². The van der Waals surface area contributed by atoms with Gasteiger partial charge in [-0.05, 0) is 19.1 Å². The van der Waals surface area contributed by atoms with Gasteiger partial charge in [-0.3, -0.25) is 4.79 Å². The molecule has 1 unspecified atom stereocenters. The molecule has 0 aliphatic carbocycles. The van der Waals surface area contributed by atoms with E-state index >= 15 is 0 Å². The first-order valence-corrected chi connectivity index (χ1v) is 6.49. The summed E-state index contributed by atoms with van der Waals surface area (Å²) in [6.07, 6.45) is 0.251. The molecule has 0 spiro atoms. The van der Waals surface area contributed by atoms with Gasteiger partial charge in [-0.15, -0.1) is 11.6 Å². The lowest BCUT2D eigenvalue weighted by molar-refractivity contribution is -0.118. The number of hydrogen-bond donors (Lipinski definition) is 1. The average Bonchev–Trinajstić information content (AvgIpc) is 2.74. The van der Waals surface area contributed by atoms with E-state index in [-0.39, 0.29) is 24.2 Å².